The molecule has 0 saturated heterocycles. The molecule has 1 rings (SSSR count). The highest BCUT2D eigenvalue weighted by Crippen LogP contribution is 2.35. The van der Waals surface area contributed by atoms with Crippen LogP contribution >= 0.6 is 0 Å². The zero-order chi connectivity index (χ0) is 17.0. The predicted octanol–water partition coefficient (Wildman–Crippen LogP) is 3.00. The van der Waals surface area contributed by atoms with Gasteiger partial charge in [-0.3, -0.25) is 0 Å². The van der Waals surface area contributed by atoms with Crippen molar-refractivity contribution in [3.05, 3.63) is 35.4 Å². The fraction of sp³-hybridized carbons (Fsp3) is 0.429. The van der Waals surface area contributed by atoms with Gasteiger partial charge in [0.2, 0.25) is 0 Å². The molecule has 0 radical (unpaired) electrons. The second kappa shape index (κ2) is 6.76. The molecule has 4 nitrogen and oxygen atoms in total. The molecular formula is C14H14F4O4. The Hall–Kier alpha value is -2.12. The Bertz CT molecular complexity index is 512. The van der Waals surface area contributed by atoms with E-state index >= 15 is 0 Å². The number of carbonyl (C=O) groups excluding carboxylic acids is 2. The summed E-state index contributed by atoms with van der Waals surface area (Å²) >= 11 is 0. The summed E-state index contributed by atoms with van der Waals surface area (Å²) in [4.78, 5) is 22.4. The van der Waals surface area contributed by atoms with Crippen molar-refractivity contribution < 1.29 is 36.6 Å². The van der Waals surface area contributed by atoms with E-state index in [-0.39, 0.29) is 13.2 Å². The summed E-state index contributed by atoms with van der Waals surface area (Å²) < 4.78 is 63.7. The van der Waals surface area contributed by atoms with Crippen molar-refractivity contribution >= 4 is 11.9 Å². The van der Waals surface area contributed by atoms with Crippen LogP contribution in [0.4, 0.5) is 17.6 Å². The number of alkyl halides is 4. The molecule has 0 saturated carbocycles. The molecule has 0 bridgehead atoms. The highest BCUT2D eigenvalue weighted by Gasteiger charge is 2.46. The molecule has 0 aromatic heterocycles. The van der Waals surface area contributed by atoms with Crippen LogP contribution in [0.1, 0.15) is 25.0 Å². The maximum absolute atomic E-state index is 13.8. The van der Waals surface area contributed by atoms with E-state index in [9.17, 15) is 27.2 Å². The number of halogens is 4. The van der Waals surface area contributed by atoms with Crippen LogP contribution in [0.25, 0.3) is 0 Å². The average molecular weight is 322 g/mol. The molecule has 0 heterocycles. The molecule has 0 N–H and O–H groups in total. The van der Waals surface area contributed by atoms with Crippen LogP contribution in [0.15, 0.2) is 24.3 Å². The van der Waals surface area contributed by atoms with E-state index in [4.69, 9.17) is 0 Å². The summed E-state index contributed by atoms with van der Waals surface area (Å²) in [5.41, 5.74) is -1.99. The third kappa shape index (κ3) is 3.55. The van der Waals surface area contributed by atoms with Crippen LogP contribution in [0.5, 0.6) is 0 Å². The summed E-state index contributed by atoms with van der Waals surface area (Å²) in [5.74, 6) is -11.9. The molecule has 122 valence electrons. The zero-order valence-corrected chi connectivity index (χ0v) is 11.9. The van der Waals surface area contributed by atoms with Crippen LogP contribution < -0.4 is 0 Å². The van der Waals surface area contributed by atoms with E-state index in [1.54, 1.807) is 0 Å². The Morgan fingerprint density at radius 3 is 1.59 bits per heavy atom. The first-order valence-electron chi connectivity index (χ1n) is 6.39. The summed E-state index contributed by atoms with van der Waals surface area (Å²) in [5, 5.41) is 0. The molecule has 8 heteroatoms. The van der Waals surface area contributed by atoms with Gasteiger partial charge in [0.25, 0.3) is 0 Å². The standard InChI is InChI=1S/C14H14F4O4/c1-3-21-11(19)13(15,16)9-6-5-7-10(8-9)14(17,18)12(20)22-4-2/h5-8H,3-4H2,1-2H3. The molecule has 0 aliphatic heterocycles. The quantitative estimate of drug-likeness (QED) is 0.597. The van der Waals surface area contributed by atoms with E-state index < -0.39 is 34.9 Å². The lowest BCUT2D eigenvalue weighted by atomic mass is 10.0. The molecule has 0 amide bonds. The van der Waals surface area contributed by atoms with Crippen molar-refractivity contribution in [1.29, 1.82) is 0 Å². The van der Waals surface area contributed by atoms with Crippen LogP contribution in [-0.2, 0) is 30.9 Å². The number of esters is 2. The van der Waals surface area contributed by atoms with Gasteiger partial charge in [-0.15, -0.1) is 0 Å². The van der Waals surface area contributed by atoms with E-state index in [0.717, 1.165) is 18.2 Å². The number of hydrogen-bond acceptors (Lipinski definition) is 4. The largest absolute Gasteiger partial charge is 0.461 e. The van der Waals surface area contributed by atoms with Gasteiger partial charge in [-0.1, -0.05) is 18.2 Å². The molecule has 0 aliphatic carbocycles. The first kappa shape index (κ1) is 17.9. The molecule has 0 fully saturated rings. The van der Waals surface area contributed by atoms with Crippen molar-refractivity contribution in [3.8, 4) is 0 Å². The van der Waals surface area contributed by atoms with Gasteiger partial charge < -0.3 is 9.47 Å². The Morgan fingerprint density at radius 2 is 1.27 bits per heavy atom. The van der Waals surface area contributed by atoms with E-state index in [0.29, 0.717) is 6.07 Å². The van der Waals surface area contributed by atoms with E-state index in [1.165, 1.54) is 13.8 Å². The van der Waals surface area contributed by atoms with Crippen molar-refractivity contribution in [1.82, 2.24) is 0 Å². The minimum Gasteiger partial charge on any atom is -0.461 e. The van der Waals surface area contributed by atoms with E-state index in [2.05, 4.69) is 9.47 Å². The lowest BCUT2D eigenvalue weighted by Gasteiger charge is -2.18. The summed E-state index contributed by atoms with van der Waals surface area (Å²) in [7, 11) is 0. The van der Waals surface area contributed by atoms with Crippen LogP contribution in [0.2, 0.25) is 0 Å². The topological polar surface area (TPSA) is 52.6 Å². The number of hydrogen-bond donors (Lipinski definition) is 0. The molecule has 0 spiro atoms. The first-order chi connectivity index (χ1) is 10.2. The highest BCUT2D eigenvalue weighted by atomic mass is 19.3. The van der Waals surface area contributed by atoms with Gasteiger partial charge >= 0.3 is 23.8 Å². The lowest BCUT2D eigenvalue weighted by Crippen LogP contribution is -2.31. The van der Waals surface area contributed by atoms with E-state index in [1.807, 2.05) is 0 Å². The Labute approximate surface area is 124 Å². The third-order valence-electron chi connectivity index (χ3n) is 2.65. The van der Waals surface area contributed by atoms with Gasteiger partial charge in [-0.25, -0.2) is 9.59 Å². The number of ether oxygens (including phenoxy) is 2. The van der Waals surface area contributed by atoms with Gasteiger partial charge in [0.05, 0.1) is 13.2 Å². The fourth-order valence-electron chi connectivity index (χ4n) is 1.59. The maximum atomic E-state index is 13.8. The number of benzene rings is 1. The number of rotatable bonds is 6. The normalized spacial score (nSPS) is 11.9. The first-order valence-corrected chi connectivity index (χ1v) is 6.39. The molecule has 22 heavy (non-hydrogen) atoms. The second-order valence-corrected chi connectivity index (χ2v) is 4.17. The van der Waals surface area contributed by atoms with Crippen molar-refractivity contribution in [2.75, 3.05) is 13.2 Å². The van der Waals surface area contributed by atoms with Crippen LogP contribution in [-0.4, -0.2) is 25.2 Å². The minimum atomic E-state index is -4.10. The van der Waals surface area contributed by atoms with Crippen molar-refractivity contribution in [2.45, 2.75) is 25.7 Å². The fourth-order valence-corrected chi connectivity index (χ4v) is 1.59. The maximum Gasteiger partial charge on any atom is 0.381 e. The van der Waals surface area contributed by atoms with Crippen LogP contribution in [0.3, 0.4) is 0 Å². The summed E-state index contributed by atoms with van der Waals surface area (Å²) in [6, 6.07) is 2.86. The lowest BCUT2D eigenvalue weighted by molar-refractivity contribution is -0.173. The highest BCUT2D eigenvalue weighted by molar-refractivity contribution is 5.81. The van der Waals surface area contributed by atoms with Gasteiger partial charge in [-0.2, -0.15) is 17.6 Å². The Morgan fingerprint density at radius 1 is 0.909 bits per heavy atom. The molecule has 0 atom stereocenters. The SMILES string of the molecule is CCOC(=O)C(F)(F)c1cccc(C(F)(F)C(=O)OCC)c1. The third-order valence-corrected chi connectivity index (χ3v) is 2.65. The second-order valence-electron chi connectivity index (χ2n) is 4.17. The van der Waals surface area contributed by atoms with Crippen molar-refractivity contribution in [3.63, 3.8) is 0 Å². The molecule has 1 aromatic rings. The Balaban J connectivity index is 3.19. The smallest absolute Gasteiger partial charge is 0.381 e. The van der Waals surface area contributed by atoms with Gasteiger partial charge in [0.1, 0.15) is 0 Å². The molecule has 0 unspecified atom stereocenters. The van der Waals surface area contributed by atoms with Gasteiger partial charge in [0, 0.05) is 11.1 Å². The summed E-state index contributed by atoms with van der Waals surface area (Å²) in [6.45, 7) is 2.10. The monoisotopic (exact) mass is 322 g/mol. The minimum absolute atomic E-state index is 0.285. The van der Waals surface area contributed by atoms with Gasteiger partial charge in [0.15, 0.2) is 0 Å². The zero-order valence-electron chi connectivity index (χ0n) is 11.9. The predicted molar refractivity (Wildman–Crippen MR) is 67.5 cm³/mol. The van der Waals surface area contributed by atoms with Crippen LogP contribution in [0, 0.1) is 0 Å². The Kier molecular flexibility index (Phi) is 5.51. The average Bonchev–Trinajstić information content (AvgIpc) is 2.47. The molecule has 0 aliphatic rings. The number of carbonyl (C=O) groups is 2. The van der Waals surface area contributed by atoms with Crippen molar-refractivity contribution in [2.24, 2.45) is 0 Å². The molecular weight excluding hydrogens is 308 g/mol. The van der Waals surface area contributed by atoms with Gasteiger partial charge in [-0.05, 0) is 19.9 Å². The summed E-state index contributed by atoms with van der Waals surface area (Å²) in [6.07, 6.45) is 0. The molecule has 1 aromatic carbocycles.